The maximum absolute atomic E-state index is 6.04. The average Bonchev–Trinajstić information content (AvgIpc) is 2.50. The van der Waals surface area contributed by atoms with Crippen LogP contribution in [0.2, 0.25) is 0 Å². The Hall–Kier alpha value is -0.350. The van der Waals surface area contributed by atoms with E-state index in [-0.39, 0.29) is 0 Å². The van der Waals surface area contributed by atoms with Gasteiger partial charge in [0, 0.05) is 24.7 Å². The number of aromatic nitrogens is 2. The molecule has 0 aromatic carbocycles. The van der Waals surface area contributed by atoms with Crippen LogP contribution in [0.15, 0.2) is 10.7 Å². The molecular weight excluding hydrogens is 254 g/mol. The second kappa shape index (κ2) is 4.26. The summed E-state index contributed by atoms with van der Waals surface area (Å²) in [6.45, 7) is 2.32. The third kappa shape index (κ3) is 2.26. The van der Waals surface area contributed by atoms with Crippen LogP contribution in [-0.2, 0) is 7.05 Å². The maximum Gasteiger partial charge on any atom is 0.128 e. The minimum atomic E-state index is 0.361. The Morgan fingerprint density at radius 1 is 1.53 bits per heavy atom. The first-order valence-corrected chi connectivity index (χ1v) is 6.32. The third-order valence-corrected chi connectivity index (χ3v) is 3.89. The normalized spacial score (nSPS) is 31.9. The van der Waals surface area contributed by atoms with Crippen LogP contribution in [0.1, 0.15) is 37.8 Å². The summed E-state index contributed by atoms with van der Waals surface area (Å²) in [5.74, 6) is 1.28. The fraction of sp³-hybridized carbons (Fsp3) is 0.727. The number of hydrogen-bond acceptors (Lipinski definition) is 2. The van der Waals surface area contributed by atoms with Gasteiger partial charge in [-0.25, -0.2) is 0 Å². The van der Waals surface area contributed by atoms with Gasteiger partial charge < -0.3 is 5.73 Å². The van der Waals surface area contributed by atoms with Crippen LogP contribution in [0.5, 0.6) is 0 Å². The smallest absolute Gasteiger partial charge is 0.128 e. The molecule has 1 aromatic heterocycles. The summed E-state index contributed by atoms with van der Waals surface area (Å²) < 4.78 is 2.90. The fourth-order valence-corrected chi connectivity index (χ4v) is 3.03. The van der Waals surface area contributed by atoms with Gasteiger partial charge in [-0.2, -0.15) is 5.10 Å². The first kappa shape index (κ1) is 11.1. The Kier molecular flexibility index (Phi) is 3.16. The zero-order valence-corrected chi connectivity index (χ0v) is 10.9. The highest BCUT2D eigenvalue weighted by Gasteiger charge is 2.29. The highest BCUT2D eigenvalue weighted by Crippen LogP contribution is 2.37. The molecule has 1 heterocycles. The third-order valence-electron chi connectivity index (χ3n) is 3.50. The van der Waals surface area contributed by atoms with Crippen molar-refractivity contribution in [3.05, 3.63) is 16.4 Å². The van der Waals surface area contributed by atoms with Gasteiger partial charge in [-0.15, -0.1) is 0 Å². The molecule has 15 heavy (non-hydrogen) atoms. The van der Waals surface area contributed by atoms with E-state index in [4.69, 9.17) is 5.73 Å². The van der Waals surface area contributed by atoms with Gasteiger partial charge in [-0.3, -0.25) is 4.68 Å². The van der Waals surface area contributed by atoms with Crippen molar-refractivity contribution >= 4 is 15.9 Å². The van der Waals surface area contributed by atoms with Gasteiger partial charge in [0.2, 0.25) is 0 Å². The molecule has 3 atom stereocenters. The van der Waals surface area contributed by atoms with Crippen LogP contribution in [-0.4, -0.2) is 15.8 Å². The molecule has 3 unspecified atom stereocenters. The summed E-state index contributed by atoms with van der Waals surface area (Å²) in [4.78, 5) is 0. The SMILES string of the molecule is CC1CCC(N)CC1c1cc(Br)nn1C. The molecule has 4 heteroatoms. The lowest BCUT2D eigenvalue weighted by atomic mass is 9.76. The number of nitrogens with zero attached hydrogens (tertiary/aromatic N) is 2. The lowest BCUT2D eigenvalue weighted by Gasteiger charge is -2.32. The van der Waals surface area contributed by atoms with Gasteiger partial charge in [-0.05, 0) is 47.2 Å². The van der Waals surface area contributed by atoms with E-state index in [2.05, 4.69) is 34.0 Å². The highest BCUT2D eigenvalue weighted by atomic mass is 79.9. The molecule has 0 radical (unpaired) electrons. The van der Waals surface area contributed by atoms with Crippen LogP contribution < -0.4 is 5.73 Å². The Labute approximate surface area is 99.2 Å². The van der Waals surface area contributed by atoms with Crippen LogP contribution >= 0.6 is 15.9 Å². The molecule has 1 aliphatic rings. The molecule has 2 rings (SSSR count). The quantitative estimate of drug-likeness (QED) is 0.853. The Morgan fingerprint density at radius 3 is 2.87 bits per heavy atom. The van der Waals surface area contributed by atoms with E-state index >= 15 is 0 Å². The number of nitrogens with two attached hydrogens (primary N) is 1. The van der Waals surface area contributed by atoms with Crippen molar-refractivity contribution in [3.63, 3.8) is 0 Å². The van der Waals surface area contributed by atoms with E-state index in [1.807, 2.05) is 11.7 Å². The van der Waals surface area contributed by atoms with Crippen LogP contribution in [0, 0.1) is 5.92 Å². The molecule has 0 aliphatic heterocycles. The van der Waals surface area contributed by atoms with Crippen LogP contribution in [0.25, 0.3) is 0 Å². The first-order chi connectivity index (χ1) is 7.08. The predicted molar refractivity (Wildman–Crippen MR) is 64.6 cm³/mol. The van der Waals surface area contributed by atoms with Crippen molar-refractivity contribution in [2.45, 2.75) is 38.1 Å². The first-order valence-electron chi connectivity index (χ1n) is 5.53. The summed E-state index contributed by atoms with van der Waals surface area (Å²) >= 11 is 3.42. The van der Waals surface area contributed by atoms with Crippen LogP contribution in [0.4, 0.5) is 0 Å². The van der Waals surface area contributed by atoms with E-state index in [0.717, 1.165) is 17.4 Å². The lowest BCUT2D eigenvalue weighted by Crippen LogP contribution is -2.31. The van der Waals surface area contributed by atoms with Crippen LogP contribution in [0.3, 0.4) is 0 Å². The van der Waals surface area contributed by atoms with Gasteiger partial charge in [0.25, 0.3) is 0 Å². The van der Waals surface area contributed by atoms with E-state index in [0.29, 0.717) is 17.9 Å². The number of aryl methyl sites for hydroxylation is 1. The van der Waals surface area contributed by atoms with E-state index in [1.54, 1.807) is 0 Å². The number of rotatable bonds is 1. The molecule has 0 bridgehead atoms. The molecule has 0 amide bonds. The van der Waals surface area contributed by atoms with Crippen molar-refractivity contribution in [1.29, 1.82) is 0 Å². The van der Waals surface area contributed by atoms with Gasteiger partial charge in [0.05, 0.1) is 0 Å². The summed E-state index contributed by atoms with van der Waals surface area (Å²) in [6.07, 6.45) is 3.48. The van der Waals surface area contributed by atoms with E-state index < -0.39 is 0 Å². The molecule has 1 saturated carbocycles. The fourth-order valence-electron chi connectivity index (χ4n) is 2.56. The minimum absolute atomic E-state index is 0.361. The second-order valence-corrected chi connectivity index (χ2v) is 5.48. The van der Waals surface area contributed by atoms with Crippen molar-refractivity contribution in [2.24, 2.45) is 18.7 Å². The standard InChI is InChI=1S/C11H18BrN3/c1-7-3-4-8(13)5-9(7)10-6-11(12)14-15(10)2/h6-9H,3-5,13H2,1-2H3. The zero-order valence-electron chi connectivity index (χ0n) is 9.28. The molecule has 84 valence electrons. The van der Waals surface area contributed by atoms with Gasteiger partial charge in [-0.1, -0.05) is 6.92 Å². The predicted octanol–water partition coefficient (Wildman–Crippen LogP) is 2.41. The summed E-state index contributed by atoms with van der Waals surface area (Å²) in [5.41, 5.74) is 7.35. The minimum Gasteiger partial charge on any atom is -0.328 e. The van der Waals surface area contributed by atoms with Crippen molar-refractivity contribution in [3.8, 4) is 0 Å². The average molecular weight is 272 g/mol. The van der Waals surface area contributed by atoms with Gasteiger partial charge in [0.15, 0.2) is 0 Å². The van der Waals surface area contributed by atoms with E-state index in [9.17, 15) is 0 Å². The maximum atomic E-state index is 6.04. The number of halogens is 1. The van der Waals surface area contributed by atoms with Crippen molar-refractivity contribution in [1.82, 2.24) is 9.78 Å². The Balaban J connectivity index is 2.24. The zero-order chi connectivity index (χ0) is 11.0. The Bertz CT molecular complexity index is 348. The van der Waals surface area contributed by atoms with Crippen molar-refractivity contribution < 1.29 is 0 Å². The molecular formula is C11H18BrN3. The molecule has 1 aromatic rings. The topological polar surface area (TPSA) is 43.8 Å². The Morgan fingerprint density at radius 2 is 2.27 bits per heavy atom. The summed E-state index contributed by atoms with van der Waals surface area (Å²) in [5, 5.41) is 4.34. The van der Waals surface area contributed by atoms with Gasteiger partial charge in [0.1, 0.15) is 4.60 Å². The molecule has 0 spiro atoms. The summed E-state index contributed by atoms with van der Waals surface area (Å²) in [6, 6.07) is 2.49. The van der Waals surface area contributed by atoms with Crippen molar-refractivity contribution in [2.75, 3.05) is 0 Å². The molecule has 0 saturated heterocycles. The highest BCUT2D eigenvalue weighted by molar-refractivity contribution is 9.10. The largest absolute Gasteiger partial charge is 0.328 e. The van der Waals surface area contributed by atoms with E-state index in [1.165, 1.54) is 12.1 Å². The molecule has 3 nitrogen and oxygen atoms in total. The lowest BCUT2D eigenvalue weighted by molar-refractivity contribution is 0.290. The molecule has 2 N–H and O–H groups in total. The monoisotopic (exact) mass is 271 g/mol. The second-order valence-electron chi connectivity index (χ2n) is 4.67. The number of hydrogen-bond donors (Lipinski definition) is 1. The summed E-state index contributed by atoms with van der Waals surface area (Å²) in [7, 11) is 2.01. The van der Waals surface area contributed by atoms with Gasteiger partial charge >= 0.3 is 0 Å². The molecule has 1 fully saturated rings. The molecule has 1 aliphatic carbocycles.